The van der Waals surface area contributed by atoms with Crippen LogP contribution in [0.2, 0.25) is 0 Å². The molecular formula is C35H31N3OS. The van der Waals surface area contributed by atoms with Crippen molar-refractivity contribution in [2.45, 2.75) is 30.6 Å². The van der Waals surface area contributed by atoms with Gasteiger partial charge >= 0.3 is 0 Å². The number of hydrogen-bond donors (Lipinski definition) is 2. The molecule has 0 spiro atoms. The van der Waals surface area contributed by atoms with E-state index in [9.17, 15) is 4.79 Å². The maximum absolute atomic E-state index is 12.9. The number of hydrazone groups is 1. The summed E-state index contributed by atoms with van der Waals surface area (Å²) >= 11 is 1.66. The summed E-state index contributed by atoms with van der Waals surface area (Å²) in [6, 6.07) is 34.5. The Bertz CT molecular complexity index is 1600. The predicted octanol–water partition coefficient (Wildman–Crippen LogP) is 7.86. The van der Waals surface area contributed by atoms with Gasteiger partial charge in [-0.1, -0.05) is 97.1 Å². The Morgan fingerprint density at radius 2 is 1.60 bits per heavy atom. The smallest absolute Gasteiger partial charge is 0.250 e. The molecule has 1 aliphatic heterocycles. The molecule has 2 aliphatic carbocycles. The highest BCUT2D eigenvalue weighted by Gasteiger charge is 2.38. The van der Waals surface area contributed by atoms with Crippen LogP contribution < -0.4 is 10.7 Å². The van der Waals surface area contributed by atoms with E-state index in [1.54, 1.807) is 11.8 Å². The van der Waals surface area contributed by atoms with E-state index in [2.05, 4.69) is 125 Å². The molecule has 1 amide bonds. The lowest BCUT2D eigenvalue weighted by atomic mass is 9.76. The second-order valence-corrected chi connectivity index (χ2v) is 11.9. The molecule has 3 aliphatic rings. The number of benzene rings is 4. The summed E-state index contributed by atoms with van der Waals surface area (Å²) in [7, 11) is 0. The van der Waals surface area contributed by atoms with Crippen molar-refractivity contribution in [3.05, 3.63) is 137 Å². The summed E-state index contributed by atoms with van der Waals surface area (Å²) in [5, 5.41) is 8.45. The molecule has 2 N–H and O–H groups in total. The first-order valence-electron chi connectivity index (χ1n) is 13.9. The Kier molecular flexibility index (Phi) is 6.52. The van der Waals surface area contributed by atoms with Crippen molar-refractivity contribution in [2.75, 3.05) is 11.1 Å². The number of nitrogens with one attached hydrogen (secondary N) is 2. The molecule has 4 aromatic rings. The number of fused-ring (bicyclic) bond motifs is 6. The molecule has 0 bridgehead atoms. The van der Waals surface area contributed by atoms with Crippen molar-refractivity contribution >= 4 is 29.1 Å². The highest BCUT2D eigenvalue weighted by molar-refractivity contribution is 8.00. The first-order chi connectivity index (χ1) is 19.7. The summed E-state index contributed by atoms with van der Waals surface area (Å²) in [4.78, 5) is 12.9. The van der Waals surface area contributed by atoms with Gasteiger partial charge in [-0.25, -0.2) is 5.43 Å². The number of nitrogens with zero attached hydrogens (tertiary/aromatic N) is 1. The van der Waals surface area contributed by atoms with Gasteiger partial charge in [0.1, 0.15) is 0 Å². The highest BCUT2D eigenvalue weighted by Crippen LogP contribution is 2.51. The standard InChI is InChI=1S/C35H31N3OS/c1-22(37-38-33(39)21-40-35-29-14-7-5-12-25(29)26-13-6-8-15-30(26)35)24-18-19-32-31(20-24)27-16-9-17-28(27)34(36-32)23-10-3-2-4-11-23/h2-16,18-20,27-28,34-36H,17,21H2,1H3,(H,38,39)/b37-22-/t27-,28+,34+/m1/s1. The van der Waals surface area contributed by atoms with Crippen LogP contribution >= 0.6 is 11.8 Å². The maximum atomic E-state index is 12.9. The summed E-state index contributed by atoms with van der Waals surface area (Å²) in [5.74, 6) is 1.12. The lowest BCUT2D eigenvalue weighted by Gasteiger charge is -2.37. The molecule has 0 aromatic heterocycles. The zero-order valence-electron chi connectivity index (χ0n) is 22.4. The van der Waals surface area contributed by atoms with Gasteiger partial charge in [0.05, 0.1) is 22.8 Å². The summed E-state index contributed by atoms with van der Waals surface area (Å²) < 4.78 is 0. The Morgan fingerprint density at radius 3 is 2.35 bits per heavy atom. The second kappa shape index (κ2) is 10.5. The molecule has 1 heterocycles. The van der Waals surface area contributed by atoms with Crippen LogP contribution in [0.5, 0.6) is 0 Å². The monoisotopic (exact) mass is 541 g/mol. The van der Waals surface area contributed by atoms with Gasteiger partial charge in [-0.3, -0.25) is 4.79 Å². The quantitative estimate of drug-likeness (QED) is 0.148. The van der Waals surface area contributed by atoms with Crippen molar-refractivity contribution in [3.8, 4) is 11.1 Å². The third-order valence-corrected chi connectivity index (χ3v) is 9.72. The first kappa shape index (κ1) is 24.9. The lowest BCUT2D eigenvalue weighted by Crippen LogP contribution is -2.29. The number of carbonyl (C=O) groups is 1. The van der Waals surface area contributed by atoms with Crippen molar-refractivity contribution < 1.29 is 4.79 Å². The average Bonchev–Trinajstić information content (AvgIpc) is 3.62. The predicted molar refractivity (Wildman–Crippen MR) is 166 cm³/mol. The lowest BCUT2D eigenvalue weighted by molar-refractivity contribution is -0.118. The molecule has 0 unspecified atom stereocenters. The molecule has 7 rings (SSSR count). The molecule has 0 saturated carbocycles. The number of hydrogen-bond acceptors (Lipinski definition) is 4. The third-order valence-electron chi connectivity index (χ3n) is 8.45. The maximum Gasteiger partial charge on any atom is 0.250 e. The van der Waals surface area contributed by atoms with Gasteiger partial charge in [0.15, 0.2) is 0 Å². The van der Waals surface area contributed by atoms with E-state index in [-0.39, 0.29) is 11.2 Å². The number of carbonyl (C=O) groups excluding carboxylic acids is 1. The van der Waals surface area contributed by atoms with E-state index in [1.165, 1.54) is 39.1 Å². The van der Waals surface area contributed by atoms with Gasteiger partial charge < -0.3 is 5.32 Å². The largest absolute Gasteiger partial charge is 0.378 e. The molecule has 3 atom stereocenters. The first-order valence-corrected chi connectivity index (χ1v) is 15.0. The molecular weight excluding hydrogens is 510 g/mol. The van der Waals surface area contributed by atoms with Crippen molar-refractivity contribution in [3.63, 3.8) is 0 Å². The normalized spacial score (nSPS) is 20.7. The van der Waals surface area contributed by atoms with E-state index in [1.807, 2.05) is 6.92 Å². The highest BCUT2D eigenvalue weighted by atomic mass is 32.2. The van der Waals surface area contributed by atoms with Gasteiger partial charge in [-0.05, 0) is 70.3 Å². The van der Waals surface area contributed by atoms with Crippen LogP contribution in [0.25, 0.3) is 11.1 Å². The van der Waals surface area contributed by atoms with E-state index in [0.717, 1.165) is 17.7 Å². The van der Waals surface area contributed by atoms with Crippen molar-refractivity contribution in [1.82, 2.24) is 5.43 Å². The van der Waals surface area contributed by atoms with Gasteiger partial charge in [0.2, 0.25) is 5.91 Å². The zero-order valence-corrected chi connectivity index (χ0v) is 23.2. The molecule has 4 nitrogen and oxygen atoms in total. The average molecular weight is 542 g/mol. The molecule has 40 heavy (non-hydrogen) atoms. The van der Waals surface area contributed by atoms with E-state index in [4.69, 9.17) is 0 Å². The minimum absolute atomic E-state index is 0.0877. The van der Waals surface area contributed by atoms with Crippen LogP contribution in [0.1, 0.15) is 58.4 Å². The SMILES string of the molecule is C/C(=N/NC(=O)CSC1c2ccccc2-c2ccccc21)c1ccc2c(c1)[C@@H]1C=CC[C@@H]1[C@H](c1ccccc1)N2. The molecule has 4 aromatic carbocycles. The third kappa shape index (κ3) is 4.44. The summed E-state index contributed by atoms with van der Waals surface area (Å²) in [6.45, 7) is 1.96. The van der Waals surface area contributed by atoms with E-state index in [0.29, 0.717) is 23.6 Å². The topological polar surface area (TPSA) is 53.5 Å². The van der Waals surface area contributed by atoms with Crippen LogP contribution in [-0.4, -0.2) is 17.4 Å². The van der Waals surface area contributed by atoms with Crippen molar-refractivity contribution in [2.24, 2.45) is 11.0 Å². The fraction of sp³-hybridized carbons (Fsp3) is 0.200. The number of anilines is 1. The Hall–Kier alpha value is -4.09. The Balaban J connectivity index is 1.04. The second-order valence-electron chi connectivity index (χ2n) is 10.8. The summed E-state index contributed by atoms with van der Waals surface area (Å²) in [6.07, 6.45) is 5.74. The Morgan fingerprint density at radius 1 is 0.900 bits per heavy atom. The van der Waals surface area contributed by atoms with Crippen LogP contribution in [0.15, 0.2) is 114 Å². The molecule has 0 radical (unpaired) electrons. The number of rotatable bonds is 6. The fourth-order valence-corrected chi connectivity index (χ4v) is 7.65. The van der Waals surface area contributed by atoms with E-state index < -0.39 is 0 Å². The van der Waals surface area contributed by atoms with Crippen LogP contribution in [0.3, 0.4) is 0 Å². The fourth-order valence-electron chi connectivity index (χ4n) is 6.50. The number of thioether (sulfide) groups is 1. The van der Waals surface area contributed by atoms with Crippen LogP contribution in [-0.2, 0) is 4.79 Å². The molecule has 5 heteroatoms. The zero-order chi connectivity index (χ0) is 27.1. The van der Waals surface area contributed by atoms with Crippen molar-refractivity contribution in [1.29, 1.82) is 0 Å². The number of allylic oxidation sites excluding steroid dienone is 2. The van der Waals surface area contributed by atoms with Gasteiger partial charge in [-0.2, -0.15) is 5.10 Å². The molecule has 198 valence electrons. The summed E-state index contributed by atoms with van der Waals surface area (Å²) in [5.41, 5.74) is 13.5. The van der Waals surface area contributed by atoms with Crippen LogP contribution in [0.4, 0.5) is 5.69 Å². The minimum atomic E-state index is -0.0877. The van der Waals surface area contributed by atoms with Gasteiger partial charge in [-0.15, -0.1) is 11.8 Å². The Labute approximate surface area is 239 Å². The van der Waals surface area contributed by atoms with Gasteiger partial charge in [0, 0.05) is 11.6 Å². The van der Waals surface area contributed by atoms with Crippen LogP contribution in [0, 0.1) is 5.92 Å². The molecule has 0 fully saturated rings. The molecule has 0 saturated heterocycles. The van der Waals surface area contributed by atoms with E-state index >= 15 is 0 Å². The minimum Gasteiger partial charge on any atom is -0.378 e. The van der Waals surface area contributed by atoms with Gasteiger partial charge in [0.25, 0.3) is 0 Å². The number of amides is 1.